The lowest BCUT2D eigenvalue weighted by Crippen LogP contribution is -2.02. The lowest BCUT2D eigenvalue weighted by atomic mass is 10.1. The highest BCUT2D eigenvalue weighted by Crippen LogP contribution is 2.21. The van der Waals surface area contributed by atoms with E-state index in [4.69, 9.17) is 4.74 Å². The van der Waals surface area contributed by atoms with Crippen LogP contribution in [0.25, 0.3) is 10.9 Å². The topological polar surface area (TPSA) is 57.0 Å². The summed E-state index contributed by atoms with van der Waals surface area (Å²) < 4.78 is 7.53. The van der Waals surface area contributed by atoms with E-state index in [1.165, 1.54) is 0 Å². The fourth-order valence-corrected chi connectivity index (χ4v) is 2.20. The van der Waals surface area contributed by atoms with Gasteiger partial charge >= 0.3 is 0 Å². The van der Waals surface area contributed by atoms with Crippen molar-refractivity contribution in [1.82, 2.24) is 14.8 Å². The third-order valence-corrected chi connectivity index (χ3v) is 3.14. The lowest BCUT2D eigenvalue weighted by molar-refractivity contribution is 0.111. The molecular weight excluding hydrogens is 254 g/mol. The summed E-state index contributed by atoms with van der Waals surface area (Å²) in [5.74, 6) is 0.488. The van der Waals surface area contributed by atoms with Gasteiger partial charge in [-0.25, -0.2) is 4.98 Å². The number of hydrogen-bond donors (Lipinski definition) is 0. The number of aldehydes is 1. The maximum atomic E-state index is 10.9. The van der Waals surface area contributed by atoms with Crippen molar-refractivity contribution in [3.05, 3.63) is 54.0 Å². The number of ether oxygens (including phenoxy) is 1. The first-order valence-corrected chi connectivity index (χ1v) is 6.22. The van der Waals surface area contributed by atoms with E-state index in [1.807, 2.05) is 36.1 Å². The minimum atomic E-state index is 0.310. The number of aromatic nitrogens is 3. The Morgan fingerprint density at radius 3 is 3.05 bits per heavy atom. The molecule has 0 fully saturated rings. The molecule has 0 atom stereocenters. The molecule has 0 saturated heterocycles. The number of nitrogens with zero attached hydrogens (tertiary/aromatic N) is 3. The highest BCUT2D eigenvalue weighted by Gasteiger charge is 2.08. The van der Waals surface area contributed by atoms with E-state index >= 15 is 0 Å². The molecule has 0 saturated carbocycles. The molecule has 0 aliphatic carbocycles. The summed E-state index contributed by atoms with van der Waals surface area (Å²) in [7, 11) is 1.90. The third kappa shape index (κ3) is 2.14. The number of rotatable bonds is 4. The van der Waals surface area contributed by atoms with Crippen LogP contribution in [0, 0.1) is 0 Å². The molecule has 5 nitrogen and oxygen atoms in total. The van der Waals surface area contributed by atoms with E-state index in [9.17, 15) is 4.79 Å². The minimum Gasteiger partial charge on any atom is -0.486 e. The van der Waals surface area contributed by atoms with Crippen LogP contribution in [0.15, 0.2) is 42.7 Å². The van der Waals surface area contributed by atoms with Crippen molar-refractivity contribution >= 4 is 17.2 Å². The predicted octanol–water partition coefficient (Wildman–Crippen LogP) is 2.36. The summed E-state index contributed by atoms with van der Waals surface area (Å²) in [4.78, 5) is 14.9. The second-order valence-electron chi connectivity index (χ2n) is 4.42. The molecule has 100 valence electrons. The minimum absolute atomic E-state index is 0.310. The number of pyridine rings is 1. The maximum absolute atomic E-state index is 10.9. The van der Waals surface area contributed by atoms with E-state index < -0.39 is 0 Å². The summed E-state index contributed by atoms with van der Waals surface area (Å²) in [6.07, 6.45) is 4.08. The first-order valence-electron chi connectivity index (χ1n) is 6.22. The Bertz CT molecular complexity index is 765. The number of aryl methyl sites for hydroxylation is 1. The Hall–Kier alpha value is -2.69. The van der Waals surface area contributed by atoms with Crippen molar-refractivity contribution in [2.45, 2.75) is 6.61 Å². The predicted molar refractivity (Wildman–Crippen MR) is 74.7 cm³/mol. The van der Waals surface area contributed by atoms with Crippen molar-refractivity contribution in [3.8, 4) is 5.75 Å². The highest BCUT2D eigenvalue weighted by molar-refractivity contribution is 5.82. The molecule has 20 heavy (non-hydrogen) atoms. The molecule has 1 aromatic carbocycles. The van der Waals surface area contributed by atoms with Crippen LogP contribution in [0.2, 0.25) is 0 Å². The molecule has 0 radical (unpaired) electrons. The van der Waals surface area contributed by atoms with Crippen molar-refractivity contribution in [1.29, 1.82) is 0 Å². The Morgan fingerprint density at radius 1 is 1.30 bits per heavy atom. The van der Waals surface area contributed by atoms with Gasteiger partial charge < -0.3 is 4.74 Å². The molecular formula is C15H13N3O2. The van der Waals surface area contributed by atoms with E-state index in [0.29, 0.717) is 24.3 Å². The second-order valence-corrected chi connectivity index (χ2v) is 4.42. The molecule has 0 aliphatic heterocycles. The van der Waals surface area contributed by atoms with Crippen LogP contribution < -0.4 is 4.74 Å². The van der Waals surface area contributed by atoms with Gasteiger partial charge in [-0.05, 0) is 12.1 Å². The van der Waals surface area contributed by atoms with Crippen LogP contribution in [-0.2, 0) is 13.7 Å². The van der Waals surface area contributed by atoms with Gasteiger partial charge in [-0.1, -0.05) is 18.2 Å². The molecule has 0 unspecified atom stereocenters. The quantitative estimate of drug-likeness (QED) is 0.681. The SMILES string of the molecule is Cn1ncc2cccc(COc3cccnc3C=O)c21. The zero-order chi connectivity index (χ0) is 13.9. The van der Waals surface area contributed by atoms with E-state index in [2.05, 4.69) is 10.1 Å². The first-order chi connectivity index (χ1) is 9.79. The number of carbonyl (C=O) groups excluding carboxylic acids is 1. The largest absolute Gasteiger partial charge is 0.486 e. The summed E-state index contributed by atoms with van der Waals surface area (Å²) in [5, 5.41) is 5.30. The average molecular weight is 267 g/mol. The Balaban J connectivity index is 1.90. The van der Waals surface area contributed by atoms with E-state index in [1.54, 1.807) is 18.3 Å². The van der Waals surface area contributed by atoms with Gasteiger partial charge in [0.05, 0.1) is 11.7 Å². The lowest BCUT2D eigenvalue weighted by Gasteiger charge is -2.09. The standard InChI is InChI=1S/C15H13N3O2/c1-18-15-11(8-17-18)4-2-5-12(15)10-20-14-6-3-7-16-13(14)9-19/h2-9H,10H2,1H3. The molecule has 0 N–H and O–H groups in total. The molecule has 3 aromatic rings. The Morgan fingerprint density at radius 2 is 2.20 bits per heavy atom. The normalized spacial score (nSPS) is 10.7. The molecule has 0 amide bonds. The number of fused-ring (bicyclic) bond motifs is 1. The zero-order valence-corrected chi connectivity index (χ0v) is 11.0. The molecule has 2 aromatic heterocycles. The highest BCUT2D eigenvalue weighted by atomic mass is 16.5. The van der Waals surface area contributed by atoms with Gasteiger partial charge in [-0.2, -0.15) is 5.10 Å². The van der Waals surface area contributed by atoms with Gasteiger partial charge in [0.2, 0.25) is 0 Å². The van der Waals surface area contributed by atoms with Crippen LogP contribution in [0.5, 0.6) is 5.75 Å². The third-order valence-electron chi connectivity index (χ3n) is 3.14. The number of hydrogen-bond acceptors (Lipinski definition) is 4. The number of para-hydroxylation sites is 1. The maximum Gasteiger partial charge on any atom is 0.172 e. The summed E-state index contributed by atoms with van der Waals surface area (Å²) in [5.41, 5.74) is 2.36. The van der Waals surface area contributed by atoms with Gasteiger partial charge in [0, 0.05) is 24.2 Å². The van der Waals surface area contributed by atoms with Crippen LogP contribution >= 0.6 is 0 Å². The second kappa shape index (κ2) is 5.13. The summed E-state index contributed by atoms with van der Waals surface area (Å²) >= 11 is 0. The Kier molecular flexibility index (Phi) is 3.16. The van der Waals surface area contributed by atoms with Gasteiger partial charge in [0.15, 0.2) is 6.29 Å². The molecule has 0 bridgehead atoms. The van der Waals surface area contributed by atoms with Crippen LogP contribution in [-0.4, -0.2) is 21.1 Å². The first kappa shape index (κ1) is 12.3. The van der Waals surface area contributed by atoms with Crippen molar-refractivity contribution in [3.63, 3.8) is 0 Å². The van der Waals surface area contributed by atoms with Crippen molar-refractivity contribution < 1.29 is 9.53 Å². The van der Waals surface area contributed by atoms with E-state index in [0.717, 1.165) is 16.5 Å². The van der Waals surface area contributed by atoms with E-state index in [-0.39, 0.29) is 0 Å². The van der Waals surface area contributed by atoms with Crippen molar-refractivity contribution in [2.24, 2.45) is 7.05 Å². The molecule has 2 heterocycles. The number of carbonyl (C=O) groups is 1. The van der Waals surface area contributed by atoms with Gasteiger partial charge in [0.25, 0.3) is 0 Å². The molecule has 5 heteroatoms. The summed E-state index contributed by atoms with van der Waals surface area (Å²) in [6.45, 7) is 0.364. The fraction of sp³-hybridized carbons (Fsp3) is 0.133. The monoisotopic (exact) mass is 267 g/mol. The molecule has 0 spiro atoms. The van der Waals surface area contributed by atoms with Crippen LogP contribution in [0.4, 0.5) is 0 Å². The van der Waals surface area contributed by atoms with Crippen molar-refractivity contribution in [2.75, 3.05) is 0 Å². The van der Waals surface area contributed by atoms with Gasteiger partial charge in [-0.15, -0.1) is 0 Å². The van der Waals surface area contributed by atoms with Crippen LogP contribution in [0.3, 0.4) is 0 Å². The Labute approximate surface area is 115 Å². The zero-order valence-electron chi connectivity index (χ0n) is 11.0. The molecule has 3 rings (SSSR count). The number of benzene rings is 1. The van der Waals surface area contributed by atoms with Gasteiger partial charge in [0.1, 0.15) is 18.1 Å². The average Bonchev–Trinajstić information content (AvgIpc) is 2.87. The smallest absolute Gasteiger partial charge is 0.172 e. The van der Waals surface area contributed by atoms with Crippen LogP contribution in [0.1, 0.15) is 16.1 Å². The van der Waals surface area contributed by atoms with Gasteiger partial charge in [-0.3, -0.25) is 9.48 Å². The fourth-order valence-electron chi connectivity index (χ4n) is 2.20. The molecule has 0 aliphatic rings. The summed E-state index contributed by atoms with van der Waals surface area (Å²) in [6, 6.07) is 9.44.